The molecule has 0 unspecified atom stereocenters. The first-order valence-corrected chi connectivity index (χ1v) is 0. The molecular weight excluding hydrogens is 223 g/mol. The number of hydrogen-bond donors (Lipinski definition) is 0. The summed E-state index contributed by atoms with van der Waals surface area (Å²) in [6, 6.07) is 0. The van der Waals surface area contributed by atoms with E-state index in [2.05, 4.69) is 0 Å². The average molecular weight is 227 g/mol. The first-order chi connectivity index (χ1) is 0. The van der Waals surface area contributed by atoms with Gasteiger partial charge in [-0.1, -0.05) is 0 Å². The summed E-state index contributed by atoms with van der Waals surface area (Å²) in [7, 11) is 0. The molecule has 0 amide bonds. The molecule has 0 spiro atoms. The fourth-order valence-electron chi connectivity index (χ4n) is 0. The molecule has 0 aromatic heterocycles. The van der Waals surface area contributed by atoms with E-state index in [1.165, 1.54) is 0 Å². The third-order valence-corrected chi connectivity index (χ3v) is 0. The number of rotatable bonds is 0. The van der Waals surface area contributed by atoms with Gasteiger partial charge in [-0.05, 0) is 0 Å². The van der Waals surface area contributed by atoms with Crippen molar-refractivity contribution in [3.63, 3.8) is 0 Å². The fourth-order valence-corrected chi connectivity index (χ4v) is 0. The molecule has 1 nitrogen and oxygen atoms in total. The van der Waals surface area contributed by atoms with Crippen LogP contribution in [0.15, 0.2) is 0 Å². The SMILES string of the molecule is O.[Cu].[Fe].[SrH2]. The summed E-state index contributed by atoms with van der Waals surface area (Å²) in [6.07, 6.45) is 0. The van der Waals surface area contributed by atoms with Crippen LogP contribution in [0, 0.1) is 0 Å². The van der Waals surface area contributed by atoms with Crippen molar-refractivity contribution in [1.29, 1.82) is 0 Å². The molecule has 0 fully saturated rings. The first kappa shape index (κ1) is 31.6. The van der Waals surface area contributed by atoms with Gasteiger partial charge in [-0.3, -0.25) is 0 Å². The molecule has 0 rings (SSSR count). The Bertz CT molecular complexity index is 8.00. The Kier molecular flexibility index (Phi) is 141. The maximum atomic E-state index is 0. The number of hydrogen-bond acceptors (Lipinski definition) is 0. The maximum absolute atomic E-state index is 0. The van der Waals surface area contributed by atoms with Crippen LogP contribution in [0.4, 0.5) is 0 Å². The Morgan fingerprint density at radius 1 is 1.00 bits per heavy atom. The summed E-state index contributed by atoms with van der Waals surface area (Å²) in [4.78, 5) is 0. The van der Waals surface area contributed by atoms with E-state index in [0.717, 1.165) is 0 Å². The van der Waals surface area contributed by atoms with Gasteiger partial charge in [-0.2, -0.15) is 0 Å². The zero-order chi connectivity index (χ0) is 0. The van der Waals surface area contributed by atoms with Gasteiger partial charge < -0.3 is 5.48 Å². The zero-order valence-corrected chi connectivity index (χ0v) is 3.20. The van der Waals surface area contributed by atoms with E-state index in [4.69, 9.17) is 0 Å². The van der Waals surface area contributed by atoms with E-state index in [1.807, 2.05) is 0 Å². The van der Waals surface area contributed by atoms with Crippen LogP contribution in [0.5, 0.6) is 0 Å². The molecule has 0 aliphatic rings. The van der Waals surface area contributed by atoms with Gasteiger partial charge in [0.15, 0.2) is 0 Å². The summed E-state index contributed by atoms with van der Waals surface area (Å²) in [5, 5.41) is 0. The Balaban J connectivity index is 0. The average Bonchev–Trinajstić information content (AvgIpc) is 0. The Labute approximate surface area is 83.4 Å². The molecule has 4 heavy (non-hydrogen) atoms. The van der Waals surface area contributed by atoms with Gasteiger partial charge in [0.05, 0.1) is 0 Å². The van der Waals surface area contributed by atoms with Crippen LogP contribution in [0.25, 0.3) is 0 Å². The molecule has 0 saturated carbocycles. The molecule has 0 aliphatic carbocycles. The molecule has 0 atom stereocenters. The van der Waals surface area contributed by atoms with Crippen molar-refractivity contribution in [2.75, 3.05) is 0 Å². The van der Waals surface area contributed by atoms with Crippen LogP contribution in [0.2, 0.25) is 0 Å². The Morgan fingerprint density at radius 2 is 1.00 bits per heavy atom. The standard InChI is InChI=1S/Cu.Fe.H2O.Sr.2H/h;;1H2;;;. The summed E-state index contributed by atoms with van der Waals surface area (Å²) < 4.78 is 0. The summed E-state index contributed by atoms with van der Waals surface area (Å²) in [6.45, 7) is 0. The second kappa shape index (κ2) is 17.9. The van der Waals surface area contributed by atoms with Gasteiger partial charge in [-0.15, -0.1) is 0 Å². The molecule has 0 aromatic carbocycles. The van der Waals surface area contributed by atoms with Gasteiger partial charge >= 0.3 is 45.5 Å². The van der Waals surface area contributed by atoms with Crippen LogP contribution in [-0.2, 0) is 34.1 Å². The van der Waals surface area contributed by atoms with E-state index in [1.54, 1.807) is 0 Å². The third-order valence-electron chi connectivity index (χ3n) is 0. The first-order valence-electron chi connectivity index (χ1n) is 0. The molecule has 0 saturated heterocycles. The minimum absolute atomic E-state index is 0. The normalized spacial score (nSPS) is 0. The Hall–Kier alpha value is 2.48. The summed E-state index contributed by atoms with van der Waals surface area (Å²) in [5.74, 6) is 0. The second-order valence-corrected chi connectivity index (χ2v) is 0. The molecule has 0 bridgehead atoms. The van der Waals surface area contributed by atoms with Crippen LogP contribution in [0.1, 0.15) is 0 Å². The van der Waals surface area contributed by atoms with E-state index in [9.17, 15) is 0 Å². The van der Waals surface area contributed by atoms with Crippen LogP contribution in [-0.4, -0.2) is 51.0 Å². The van der Waals surface area contributed by atoms with E-state index >= 15 is 0 Å². The second-order valence-electron chi connectivity index (χ2n) is 0. The van der Waals surface area contributed by atoms with E-state index < -0.39 is 0 Å². The van der Waals surface area contributed by atoms with Gasteiger partial charge in [0.25, 0.3) is 0 Å². The van der Waals surface area contributed by atoms with Crippen LogP contribution >= 0.6 is 0 Å². The molecule has 1 radical (unpaired) electrons. The fraction of sp³-hybridized carbons (Fsp3) is 0. The topological polar surface area (TPSA) is 31.5 Å². The predicted molar refractivity (Wildman–Crippen MR) is 12.2 cm³/mol. The predicted octanol–water partition coefficient (Wildman–Crippen LogP) is -1.75. The third kappa shape index (κ3) is 8.82. The van der Waals surface area contributed by atoms with Crippen molar-refractivity contribution in [1.82, 2.24) is 0 Å². The molecule has 0 heterocycles. The van der Waals surface area contributed by atoms with Gasteiger partial charge in [0.1, 0.15) is 0 Å². The van der Waals surface area contributed by atoms with Crippen molar-refractivity contribution in [2.24, 2.45) is 0 Å². The van der Waals surface area contributed by atoms with Gasteiger partial charge in [0, 0.05) is 34.1 Å². The van der Waals surface area contributed by atoms with Crippen LogP contribution in [0.3, 0.4) is 0 Å². The zero-order valence-electron chi connectivity index (χ0n) is 1.16. The minimum atomic E-state index is 0. The molecule has 31 valence electrons. The van der Waals surface area contributed by atoms with Gasteiger partial charge in [-0.25, -0.2) is 0 Å². The van der Waals surface area contributed by atoms with E-state index in [0.29, 0.717) is 0 Å². The summed E-state index contributed by atoms with van der Waals surface area (Å²) >= 11 is 0. The van der Waals surface area contributed by atoms with Crippen molar-refractivity contribution in [3.05, 3.63) is 0 Å². The molecular formula is H4CuFeOSr. The van der Waals surface area contributed by atoms with Crippen molar-refractivity contribution in [3.8, 4) is 0 Å². The molecule has 2 N–H and O–H groups in total. The Morgan fingerprint density at radius 3 is 1.00 bits per heavy atom. The molecule has 0 aliphatic heterocycles. The van der Waals surface area contributed by atoms with Gasteiger partial charge in [0.2, 0.25) is 0 Å². The van der Waals surface area contributed by atoms with Crippen molar-refractivity contribution in [2.45, 2.75) is 0 Å². The quantitative estimate of drug-likeness (QED) is 0.440. The monoisotopic (exact) mass is 227 g/mol. The van der Waals surface area contributed by atoms with E-state index in [-0.39, 0.29) is 85.1 Å². The molecule has 4 heteroatoms. The molecule has 0 aromatic rings. The van der Waals surface area contributed by atoms with Crippen LogP contribution < -0.4 is 0 Å². The summed E-state index contributed by atoms with van der Waals surface area (Å²) in [5.41, 5.74) is 0. The van der Waals surface area contributed by atoms with Crippen molar-refractivity contribution >= 4 is 45.5 Å². The van der Waals surface area contributed by atoms with Crippen molar-refractivity contribution < 1.29 is 39.6 Å².